The third kappa shape index (κ3) is 4.70. The number of hydrogen-bond acceptors (Lipinski definition) is 6. The number of carbonyl (C=O) groups is 1. The monoisotopic (exact) mass is 421 g/mol. The van der Waals surface area contributed by atoms with Crippen molar-refractivity contribution in [1.82, 2.24) is 9.97 Å². The molecule has 1 saturated carbocycles. The van der Waals surface area contributed by atoms with Crippen LogP contribution in [0.5, 0.6) is 0 Å². The van der Waals surface area contributed by atoms with Gasteiger partial charge < -0.3 is 10.1 Å². The van der Waals surface area contributed by atoms with Gasteiger partial charge in [0.05, 0.1) is 17.9 Å². The third-order valence-corrected chi connectivity index (χ3v) is 6.51. The highest BCUT2D eigenvalue weighted by atomic mass is 32.1. The zero-order valence-corrected chi connectivity index (χ0v) is 18.5. The average Bonchev–Trinajstić information content (AvgIpc) is 3.46. The van der Waals surface area contributed by atoms with E-state index in [4.69, 9.17) is 14.7 Å². The van der Waals surface area contributed by atoms with Crippen LogP contribution in [-0.2, 0) is 22.4 Å². The van der Waals surface area contributed by atoms with E-state index >= 15 is 0 Å². The molecule has 0 bridgehead atoms. The van der Waals surface area contributed by atoms with Gasteiger partial charge in [0, 0.05) is 21.8 Å². The van der Waals surface area contributed by atoms with Crippen molar-refractivity contribution in [2.24, 2.45) is 0 Å². The van der Waals surface area contributed by atoms with Crippen molar-refractivity contribution >= 4 is 28.8 Å². The molecule has 0 atom stereocenters. The van der Waals surface area contributed by atoms with Crippen LogP contribution >= 0.6 is 11.3 Å². The van der Waals surface area contributed by atoms with Gasteiger partial charge in [0.25, 0.3) is 0 Å². The Kier molecular flexibility index (Phi) is 6.13. The summed E-state index contributed by atoms with van der Waals surface area (Å²) in [6.45, 7) is 6.39. The number of aromatic nitrogens is 2. The lowest BCUT2D eigenvalue weighted by molar-refractivity contribution is -0.142. The Morgan fingerprint density at radius 2 is 1.90 bits per heavy atom. The van der Waals surface area contributed by atoms with E-state index in [0.717, 1.165) is 51.4 Å². The lowest BCUT2D eigenvalue weighted by Gasteiger charge is -2.14. The molecule has 0 amide bonds. The van der Waals surface area contributed by atoms with Gasteiger partial charge in [-0.3, -0.25) is 4.79 Å². The Morgan fingerprint density at radius 3 is 2.57 bits per heavy atom. The van der Waals surface area contributed by atoms with Crippen molar-refractivity contribution < 1.29 is 9.53 Å². The van der Waals surface area contributed by atoms with Crippen LogP contribution in [0.1, 0.15) is 54.3 Å². The van der Waals surface area contributed by atoms with Gasteiger partial charge in [-0.1, -0.05) is 19.1 Å². The lowest BCUT2D eigenvalue weighted by atomic mass is 10.1. The Bertz CT molecular complexity index is 1040. The molecule has 0 saturated heterocycles. The molecule has 3 aromatic rings. The van der Waals surface area contributed by atoms with Crippen molar-refractivity contribution in [1.29, 1.82) is 0 Å². The first-order chi connectivity index (χ1) is 14.6. The zero-order valence-electron chi connectivity index (χ0n) is 17.7. The van der Waals surface area contributed by atoms with Crippen molar-refractivity contribution in [3.63, 3.8) is 0 Å². The maximum absolute atomic E-state index is 11.7. The fourth-order valence-corrected chi connectivity index (χ4v) is 4.63. The molecule has 0 radical (unpaired) electrons. The number of benzene rings is 1. The van der Waals surface area contributed by atoms with Crippen molar-refractivity contribution in [3.8, 4) is 10.7 Å². The number of esters is 1. The second kappa shape index (κ2) is 8.96. The maximum atomic E-state index is 11.7. The van der Waals surface area contributed by atoms with E-state index in [2.05, 4.69) is 24.4 Å². The summed E-state index contributed by atoms with van der Waals surface area (Å²) >= 11 is 1.81. The number of hydrogen-bond donors (Lipinski definition) is 1. The van der Waals surface area contributed by atoms with Gasteiger partial charge in [0.1, 0.15) is 5.82 Å². The minimum atomic E-state index is -0.205. The zero-order chi connectivity index (χ0) is 21.1. The molecule has 1 aliphatic rings. The largest absolute Gasteiger partial charge is 0.466 e. The summed E-state index contributed by atoms with van der Waals surface area (Å²) in [5.41, 5.74) is 3.99. The van der Waals surface area contributed by atoms with E-state index in [1.54, 1.807) is 0 Å². The molecule has 6 heteroatoms. The SMILES string of the molecule is CCOC(=O)Cc1ccc(Nc2nc(-c3ccc(C4CC4)s3)nc(C)c2CC)cc1. The summed E-state index contributed by atoms with van der Waals surface area (Å²) in [4.78, 5) is 23.9. The van der Waals surface area contributed by atoms with E-state index < -0.39 is 0 Å². The van der Waals surface area contributed by atoms with Crippen molar-refractivity contribution in [2.75, 3.05) is 11.9 Å². The van der Waals surface area contributed by atoms with Crippen molar-refractivity contribution in [2.45, 2.75) is 52.4 Å². The number of rotatable bonds is 8. The standard InChI is InChI=1S/C24H27N3O2S/c1-4-19-15(3)25-24(21-13-12-20(30-21)17-8-9-17)27-23(19)26-18-10-6-16(7-11-18)14-22(28)29-5-2/h6-7,10-13,17H,4-5,8-9,14H2,1-3H3,(H,25,26,27). The number of nitrogens with one attached hydrogen (secondary N) is 1. The Balaban J connectivity index is 1.56. The van der Waals surface area contributed by atoms with Gasteiger partial charge in [-0.15, -0.1) is 11.3 Å². The second-order valence-electron chi connectivity index (χ2n) is 7.59. The van der Waals surface area contributed by atoms with Crippen LogP contribution in [0.15, 0.2) is 36.4 Å². The predicted octanol–water partition coefficient (Wildman–Crippen LogP) is 5.80. The molecule has 30 heavy (non-hydrogen) atoms. The fourth-order valence-electron chi connectivity index (χ4n) is 3.51. The van der Waals surface area contributed by atoms with Crippen LogP contribution in [-0.4, -0.2) is 22.5 Å². The first-order valence-corrected chi connectivity index (χ1v) is 11.4. The Hall–Kier alpha value is -2.73. The summed E-state index contributed by atoms with van der Waals surface area (Å²) in [6.07, 6.45) is 3.74. The molecule has 156 valence electrons. The molecule has 0 spiro atoms. The van der Waals surface area contributed by atoms with Gasteiger partial charge in [-0.2, -0.15) is 0 Å². The highest BCUT2D eigenvalue weighted by Gasteiger charge is 2.25. The summed E-state index contributed by atoms with van der Waals surface area (Å²) in [7, 11) is 0. The third-order valence-electron chi connectivity index (χ3n) is 5.26. The summed E-state index contributed by atoms with van der Waals surface area (Å²) in [5.74, 6) is 2.16. The molecule has 1 fully saturated rings. The van der Waals surface area contributed by atoms with E-state index in [0.29, 0.717) is 6.61 Å². The van der Waals surface area contributed by atoms with Crippen LogP contribution in [0.3, 0.4) is 0 Å². The second-order valence-corrected chi connectivity index (χ2v) is 8.71. The number of carbonyl (C=O) groups excluding carboxylic acids is 1. The first-order valence-electron chi connectivity index (χ1n) is 10.6. The number of anilines is 2. The fraction of sp³-hybridized carbons (Fsp3) is 0.375. The van der Waals surface area contributed by atoms with E-state index in [9.17, 15) is 4.79 Å². The highest BCUT2D eigenvalue weighted by Crippen LogP contribution is 2.44. The molecule has 5 nitrogen and oxygen atoms in total. The number of aryl methyl sites for hydroxylation is 1. The number of thiophene rings is 1. The van der Waals surface area contributed by atoms with E-state index in [1.807, 2.05) is 49.4 Å². The highest BCUT2D eigenvalue weighted by molar-refractivity contribution is 7.15. The molecular formula is C24H27N3O2S. The minimum absolute atomic E-state index is 0.205. The molecule has 1 aromatic carbocycles. The van der Waals surface area contributed by atoms with Gasteiger partial charge in [-0.05, 0) is 68.9 Å². The molecule has 0 aliphatic heterocycles. The Labute approximate surface area is 181 Å². The molecule has 0 unspecified atom stereocenters. The van der Waals surface area contributed by atoms with Gasteiger partial charge in [0.2, 0.25) is 0 Å². The smallest absolute Gasteiger partial charge is 0.310 e. The number of nitrogens with zero attached hydrogens (tertiary/aromatic N) is 2. The molecular weight excluding hydrogens is 394 g/mol. The topological polar surface area (TPSA) is 64.1 Å². The molecule has 2 heterocycles. The molecule has 1 aliphatic carbocycles. The van der Waals surface area contributed by atoms with Crippen LogP contribution in [0.2, 0.25) is 0 Å². The lowest BCUT2D eigenvalue weighted by Crippen LogP contribution is -2.07. The average molecular weight is 422 g/mol. The first kappa shape index (κ1) is 20.5. The molecule has 1 N–H and O–H groups in total. The minimum Gasteiger partial charge on any atom is -0.466 e. The Morgan fingerprint density at radius 1 is 1.13 bits per heavy atom. The van der Waals surface area contributed by atoms with E-state index in [-0.39, 0.29) is 12.4 Å². The number of ether oxygens (including phenoxy) is 1. The van der Waals surface area contributed by atoms with Gasteiger partial charge in [-0.25, -0.2) is 9.97 Å². The quantitative estimate of drug-likeness (QED) is 0.466. The predicted molar refractivity (Wildman–Crippen MR) is 121 cm³/mol. The van der Waals surface area contributed by atoms with Crippen LogP contribution in [0, 0.1) is 6.92 Å². The van der Waals surface area contributed by atoms with Crippen LogP contribution < -0.4 is 5.32 Å². The van der Waals surface area contributed by atoms with Crippen molar-refractivity contribution in [3.05, 3.63) is 58.1 Å². The summed E-state index contributed by atoms with van der Waals surface area (Å²) < 4.78 is 5.02. The molecule has 4 rings (SSSR count). The van der Waals surface area contributed by atoms with E-state index in [1.165, 1.54) is 17.7 Å². The van der Waals surface area contributed by atoms with Gasteiger partial charge >= 0.3 is 5.97 Å². The van der Waals surface area contributed by atoms with Gasteiger partial charge in [0.15, 0.2) is 5.82 Å². The molecule has 2 aromatic heterocycles. The van der Waals surface area contributed by atoms with Crippen LogP contribution in [0.25, 0.3) is 10.7 Å². The summed E-state index contributed by atoms with van der Waals surface area (Å²) in [6, 6.07) is 12.2. The normalized spacial score (nSPS) is 13.3. The summed E-state index contributed by atoms with van der Waals surface area (Å²) in [5, 5.41) is 3.46. The van der Waals surface area contributed by atoms with Crippen LogP contribution in [0.4, 0.5) is 11.5 Å². The maximum Gasteiger partial charge on any atom is 0.310 e.